The summed E-state index contributed by atoms with van der Waals surface area (Å²) in [5.41, 5.74) is 2.86. The van der Waals surface area contributed by atoms with Crippen molar-refractivity contribution in [1.82, 2.24) is 0 Å². The van der Waals surface area contributed by atoms with E-state index >= 15 is 0 Å². The molecule has 1 rings (SSSR count). The lowest BCUT2D eigenvalue weighted by atomic mass is 9.93. The lowest BCUT2D eigenvalue weighted by Gasteiger charge is -2.12. The average Bonchev–Trinajstić information content (AvgIpc) is 2.26. The van der Waals surface area contributed by atoms with Gasteiger partial charge in [0.15, 0.2) is 0 Å². The fraction of sp³-hybridized carbons (Fsp3) is 0.154. The molecule has 1 heteroatoms. The van der Waals surface area contributed by atoms with Crippen LogP contribution in [0.25, 0.3) is 12.2 Å². The van der Waals surface area contributed by atoms with Crippen molar-refractivity contribution in [3.8, 4) is 0 Å². The van der Waals surface area contributed by atoms with Crippen molar-refractivity contribution in [2.24, 2.45) is 0 Å². The zero-order chi connectivity index (χ0) is 10.6. The molecule has 14 heavy (non-hydrogen) atoms. The maximum atomic E-state index is 12.5. The van der Waals surface area contributed by atoms with Gasteiger partial charge in [-0.1, -0.05) is 50.4 Å². The smallest absolute Gasteiger partial charge is 0.0998 e. The number of hydrogen-bond donors (Lipinski definition) is 0. The summed E-state index contributed by atoms with van der Waals surface area (Å²) >= 11 is 0. The number of halogens is 1. The van der Waals surface area contributed by atoms with Gasteiger partial charge in [0.2, 0.25) is 0 Å². The van der Waals surface area contributed by atoms with Gasteiger partial charge < -0.3 is 0 Å². The maximum Gasteiger partial charge on any atom is 0.0998 e. The molecule has 0 spiro atoms. The Morgan fingerprint density at radius 2 is 2.07 bits per heavy atom. The van der Waals surface area contributed by atoms with E-state index in [1.54, 1.807) is 19.1 Å². The fourth-order valence-corrected chi connectivity index (χ4v) is 1.43. The summed E-state index contributed by atoms with van der Waals surface area (Å²) in [6.07, 6.45) is 3.50. The molecule has 0 fully saturated rings. The lowest BCUT2D eigenvalue weighted by Crippen LogP contribution is -2.00. The molecule has 1 radical (unpaired) electrons. The predicted octanol–water partition coefficient (Wildman–Crippen LogP) is 3.88. The van der Waals surface area contributed by atoms with Crippen LogP contribution in [0, 0.1) is 5.92 Å². The minimum atomic E-state index is -0.429. The molecule has 1 aromatic carbocycles. The summed E-state index contributed by atoms with van der Waals surface area (Å²) in [5.74, 6) is 0.726. The molecule has 0 heterocycles. The van der Waals surface area contributed by atoms with E-state index in [9.17, 15) is 4.39 Å². The Morgan fingerprint density at radius 3 is 2.57 bits per heavy atom. The van der Waals surface area contributed by atoms with Crippen LogP contribution in [0.3, 0.4) is 0 Å². The molecule has 0 aliphatic rings. The predicted molar refractivity (Wildman–Crippen MR) is 60.6 cm³/mol. The van der Waals surface area contributed by atoms with Crippen molar-refractivity contribution >= 4 is 12.2 Å². The Morgan fingerprint density at radius 1 is 1.36 bits per heavy atom. The Bertz CT molecular complexity index is 339. The van der Waals surface area contributed by atoms with Gasteiger partial charge >= 0.3 is 0 Å². The third-order valence-electron chi connectivity index (χ3n) is 2.22. The van der Waals surface area contributed by atoms with Gasteiger partial charge in [0.25, 0.3) is 0 Å². The highest BCUT2D eigenvalue weighted by Crippen LogP contribution is 2.24. The van der Waals surface area contributed by atoms with Crippen molar-refractivity contribution in [2.45, 2.75) is 6.92 Å². The van der Waals surface area contributed by atoms with E-state index in [4.69, 9.17) is 0 Å². The molecule has 0 N–H and O–H groups in total. The standard InChI is InChI=1S/C13H14F/c1-4-11-7-6-8-13(10(3)9-14)12(11)5-2/h4-8H,1-2,9H2,3H3. The Kier molecular flexibility index (Phi) is 3.63. The van der Waals surface area contributed by atoms with Gasteiger partial charge in [-0.25, -0.2) is 0 Å². The molecule has 0 bridgehead atoms. The maximum absolute atomic E-state index is 12.5. The van der Waals surface area contributed by atoms with Crippen LogP contribution >= 0.6 is 0 Å². The van der Waals surface area contributed by atoms with Gasteiger partial charge in [-0.05, 0) is 16.7 Å². The van der Waals surface area contributed by atoms with Crippen molar-refractivity contribution in [3.63, 3.8) is 0 Å². The molecule has 0 nitrogen and oxygen atoms in total. The number of alkyl halides is 1. The highest BCUT2D eigenvalue weighted by atomic mass is 19.1. The lowest BCUT2D eigenvalue weighted by molar-refractivity contribution is 0.516. The highest BCUT2D eigenvalue weighted by Gasteiger charge is 2.10. The largest absolute Gasteiger partial charge is 0.250 e. The Hall–Kier alpha value is -1.37. The van der Waals surface area contributed by atoms with Gasteiger partial charge in [0.05, 0.1) is 6.67 Å². The van der Waals surface area contributed by atoms with Gasteiger partial charge in [0, 0.05) is 5.92 Å². The second-order valence-corrected chi connectivity index (χ2v) is 3.13. The molecular weight excluding hydrogens is 175 g/mol. The first-order valence-corrected chi connectivity index (χ1v) is 4.51. The normalized spacial score (nSPS) is 10.2. The van der Waals surface area contributed by atoms with Gasteiger partial charge in [-0.2, -0.15) is 0 Å². The van der Waals surface area contributed by atoms with E-state index < -0.39 is 6.67 Å². The molecular formula is C13H14F. The second kappa shape index (κ2) is 4.75. The number of rotatable bonds is 4. The highest BCUT2D eigenvalue weighted by molar-refractivity contribution is 5.68. The van der Waals surface area contributed by atoms with E-state index in [-0.39, 0.29) is 0 Å². The van der Waals surface area contributed by atoms with Crippen LogP contribution < -0.4 is 0 Å². The minimum absolute atomic E-state index is 0.429. The third-order valence-corrected chi connectivity index (χ3v) is 2.22. The molecule has 0 saturated heterocycles. The van der Waals surface area contributed by atoms with E-state index in [0.29, 0.717) is 0 Å². The van der Waals surface area contributed by atoms with Crippen LogP contribution in [0.5, 0.6) is 0 Å². The van der Waals surface area contributed by atoms with E-state index in [0.717, 1.165) is 22.6 Å². The molecule has 0 aliphatic carbocycles. The fourth-order valence-electron chi connectivity index (χ4n) is 1.43. The minimum Gasteiger partial charge on any atom is -0.250 e. The van der Waals surface area contributed by atoms with Crippen LogP contribution in [0.4, 0.5) is 4.39 Å². The van der Waals surface area contributed by atoms with Crippen LogP contribution in [0.1, 0.15) is 23.6 Å². The summed E-state index contributed by atoms with van der Waals surface area (Å²) in [6.45, 7) is 8.81. The summed E-state index contributed by atoms with van der Waals surface area (Å²) in [6, 6.07) is 5.75. The van der Waals surface area contributed by atoms with E-state index in [2.05, 4.69) is 13.2 Å². The number of benzene rings is 1. The molecule has 0 saturated carbocycles. The van der Waals surface area contributed by atoms with Gasteiger partial charge in [0.1, 0.15) is 0 Å². The van der Waals surface area contributed by atoms with Gasteiger partial charge in [-0.3, -0.25) is 4.39 Å². The molecule has 0 atom stereocenters. The van der Waals surface area contributed by atoms with Crippen LogP contribution in [-0.4, -0.2) is 6.67 Å². The number of hydrogen-bond acceptors (Lipinski definition) is 0. The van der Waals surface area contributed by atoms with Crippen molar-refractivity contribution in [3.05, 3.63) is 54.0 Å². The second-order valence-electron chi connectivity index (χ2n) is 3.13. The molecule has 0 aliphatic heterocycles. The third kappa shape index (κ3) is 1.92. The van der Waals surface area contributed by atoms with Gasteiger partial charge in [-0.15, -0.1) is 0 Å². The summed E-state index contributed by atoms with van der Waals surface area (Å²) in [4.78, 5) is 0. The summed E-state index contributed by atoms with van der Waals surface area (Å²) < 4.78 is 12.5. The Labute approximate surface area is 84.8 Å². The van der Waals surface area contributed by atoms with Crippen LogP contribution in [-0.2, 0) is 0 Å². The molecule has 0 aromatic heterocycles. The van der Waals surface area contributed by atoms with Crippen molar-refractivity contribution < 1.29 is 4.39 Å². The monoisotopic (exact) mass is 189 g/mol. The summed E-state index contributed by atoms with van der Waals surface area (Å²) in [7, 11) is 0. The molecule has 0 unspecified atom stereocenters. The van der Waals surface area contributed by atoms with E-state index in [1.165, 1.54) is 0 Å². The quantitative estimate of drug-likeness (QED) is 0.674. The molecule has 1 aromatic rings. The van der Waals surface area contributed by atoms with Crippen LogP contribution in [0.2, 0.25) is 0 Å². The average molecular weight is 189 g/mol. The first kappa shape index (κ1) is 10.7. The molecule has 73 valence electrons. The summed E-state index contributed by atoms with van der Waals surface area (Å²) in [5, 5.41) is 0. The Balaban J connectivity index is 3.28. The zero-order valence-corrected chi connectivity index (χ0v) is 8.39. The van der Waals surface area contributed by atoms with E-state index in [1.807, 2.05) is 18.2 Å². The SMILES string of the molecule is C=Cc1cccc([C](C)CF)c1C=C. The topological polar surface area (TPSA) is 0 Å². The van der Waals surface area contributed by atoms with Crippen molar-refractivity contribution in [2.75, 3.05) is 6.67 Å². The first-order chi connectivity index (χ1) is 6.74. The van der Waals surface area contributed by atoms with Crippen molar-refractivity contribution in [1.29, 1.82) is 0 Å². The zero-order valence-electron chi connectivity index (χ0n) is 8.39. The first-order valence-electron chi connectivity index (χ1n) is 4.51. The van der Waals surface area contributed by atoms with Crippen LogP contribution in [0.15, 0.2) is 31.4 Å². The molecule has 0 amide bonds.